The predicted molar refractivity (Wildman–Crippen MR) is 52.6 cm³/mol. The molecule has 0 atom stereocenters. The zero-order valence-electron chi connectivity index (χ0n) is 7.55. The Kier molecular flexibility index (Phi) is 1.20. The van der Waals surface area contributed by atoms with Crippen LogP contribution in [0.2, 0.25) is 0 Å². The van der Waals surface area contributed by atoms with Crippen LogP contribution in [0.5, 0.6) is 5.75 Å². The van der Waals surface area contributed by atoms with E-state index in [1.54, 1.807) is 0 Å². The summed E-state index contributed by atoms with van der Waals surface area (Å²) in [5.74, 6) is 1.00. The first kappa shape index (κ1) is 7.19. The molecule has 0 bridgehead atoms. The lowest BCUT2D eigenvalue weighted by Gasteiger charge is -2.27. The van der Waals surface area contributed by atoms with E-state index in [9.17, 15) is 0 Å². The number of hydrogen-bond acceptors (Lipinski definition) is 1. The summed E-state index contributed by atoms with van der Waals surface area (Å²) in [5, 5.41) is 0. The monoisotopic (exact) mass is 172 g/mol. The van der Waals surface area contributed by atoms with E-state index in [4.69, 9.17) is 4.74 Å². The maximum atomic E-state index is 5.71. The molecule has 0 saturated heterocycles. The van der Waals surface area contributed by atoms with Gasteiger partial charge in [-0.2, -0.15) is 0 Å². The van der Waals surface area contributed by atoms with Crippen molar-refractivity contribution in [3.63, 3.8) is 0 Å². The van der Waals surface area contributed by atoms with Gasteiger partial charge in [0.15, 0.2) is 0 Å². The fourth-order valence-electron chi connectivity index (χ4n) is 2.03. The van der Waals surface area contributed by atoms with Crippen LogP contribution in [-0.2, 0) is 0 Å². The van der Waals surface area contributed by atoms with E-state index in [-0.39, 0.29) is 0 Å². The van der Waals surface area contributed by atoms with Crippen molar-refractivity contribution >= 4 is 5.57 Å². The van der Waals surface area contributed by atoms with Gasteiger partial charge in [0.25, 0.3) is 0 Å². The van der Waals surface area contributed by atoms with Gasteiger partial charge in [0.05, 0.1) is 6.61 Å². The van der Waals surface area contributed by atoms with E-state index in [0.29, 0.717) is 5.41 Å². The third-order valence-electron chi connectivity index (χ3n) is 3.21. The minimum atomic E-state index is 0.314. The van der Waals surface area contributed by atoms with Gasteiger partial charge >= 0.3 is 0 Å². The van der Waals surface area contributed by atoms with Gasteiger partial charge < -0.3 is 4.74 Å². The minimum absolute atomic E-state index is 0.314. The smallest absolute Gasteiger partial charge is 0.126 e. The summed E-state index contributed by atoms with van der Waals surface area (Å²) in [7, 11) is 0. The lowest BCUT2D eigenvalue weighted by atomic mass is 9.89. The second kappa shape index (κ2) is 2.16. The van der Waals surface area contributed by atoms with Crippen LogP contribution in [0, 0.1) is 5.41 Å². The summed E-state index contributed by atoms with van der Waals surface area (Å²) in [4.78, 5) is 0. The molecule has 1 aromatic rings. The van der Waals surface area contributed by atoms with Crippen LogP contribution in [0.25, 0.3) is 5.57 Å². The summed E-state index contributed by atoms with van der Waals surface area (Å²) >= 11 is 0. The molecule has 1 fully saturated rings. The molecule has 1 nitrogen and oxygen atoms in total. The van der Waals surface area contributed by atoms with Gasteiger partial charge in [0, 0.05) is 11.0 Å². The first-order chi connectivity index (χ1) is 6.32. The molecule has 3 rings (SSSR count). The summed E-state index contributed by atoms with van der Waals surface area (Å²) in [5.41, 5.74) is 2.81. The van der Waals surface area contributed by atoms with Crippen LogP contribution in [0.15, 0.2) is 30.8 Å². The molecule has 66 valence electrons. The maximum absolute atomic E-state index is 5.71. The summed E-state index contributed by atoms with van der Waals surface area (Å²) in [6, 6.07) is 8.19. The van der Waals surface area contributed by atoms with Gasteiger partial charge in [-0.1, -0.05) is 24.8 Å². The number of para-hydroxylation sites is 1. The van der Waals surface area contributed by atoms with E-state index in [2.05, 4.69) is 18.7 Å². The summed E-state index contributed by atoms with van der Waals surface area (Å²) in [6.07, 6.45) is 2.50. The van der Waals surface area contributed by atoms with Crippen molar-refractivity contribution in [2.45, 2.75) is 12.8 Å². The van der Waals surface area contributed by atoms with Gasteiger partial charge in [-0.05, 0) is 24.5 Å². The number of benzene rings is 1. The number of hydrogen-bond donors (Lipinski definition) is 0. The average molecular weight is 172 g/mol. The molecule has 1 aromatic carbocycles. The first-order valence-electron chi connectivity index (χ1n) is 4.73. The van der Waals surface area contributed by atoms with E-state index < -0.39 is 0 Å². The fraction of sp³-hybridized carbons (Fsp3) is 0.333. The molecule has 0 radical (unpaired) electrons. The standard InChI is InChI=1S/C12H12O/c1-9-10-4-2-3-5-11(10)13-8-12(9)6-7-12/h2-5H,1,6-8H2. The third kappa shape index (κ3) is 0.873. The van der Waals surface area contributed by atoms with Gasteiger partial charge in [0.1, 0.15) is 5.75 Å². The second-order valence-corrected chi connectivity index (χ2v) is 4.04. The summed E-state index contributed by atoms with van der Waals surface area (Å²) in [6.45, 7) is 5.03. The number of ether oxygens (including phenoxy) is 1. The molecule has 0 N–H and O–H groups in total. The maximum Gasteiger partial charge on any atom is 0.126 e. The van der Waals surface area contributed by atoms with E-state index in [0.717, 1.165) is 12.4 Å². The lowest BCUT2D eigenvalue weighted by Crippen LogP contribution is -2.20. The van der Waals surface area contributed by atoms with Crippen molar-refractivity contribution < 1.29 is 4.74 Å². The Hall–Kier alpha value is -1.24. The van der Waals surface area contributed by atoms with Gasteiger partial charge in [0.2, 0.25) is 0 Å². The van der Waals surface area contributed by atoms with Crippen LogP contribution >= 0.6 is 0 Å². The molecule has 0 amide bonds. The Morgan fingerprint density at radius 2 is 2.00 bits per heavy atom. The van der Waals surface area contributed by atoms with Gasteiger partial charge in [-0.3, -0.25) is 0 Å². The molecule has 1 spiro atoms. The molecule has 1 aliphatic heterocycles. The molecule has 1 saturated carbocycles. The van der Waals surface area contributed by atoms with Crippen molar-refractivity contribution in [1.82, 2.24) is 0 Å². The molecule has 0 unspecified atom stereocenters. The summed E-state index contributed by atoms with van der Waals surface area (Å²) < 4.78 is 5.71. The molecular weight excluding hydrogens is 160 g/mol. The van der Waals surface area contributed by atoms with E-state index in [1.807, 2.05) is 12.1 Å². The van der Waals surface area contributed by atoms with E-state index in [1.165, 1.54) is 24.0 Å². The van der Waals surface area contributed by atoms with Crippen molar-refractivity contribution in [3.05, 3.63) is 36.4 Å². The normalized spacial score (nSPS) is 22.3. The Bertz CT molecular complexity index is 374. The van der Waals surface area contributed by atoms with Crippen LogP contribution in [0.1, 0.15) is 18.4 Å². The van der Waals surface area contributed by atoms with Crippen molar-refractivity contribution in [2.24, 2.45) is 5.41 Å². The second-order valence-electron chi connectivity index (χ2n) is 4.04. The SMILES string of the molecule is C=C1c2ccccc2OCC12CC2. The quantitative estimate of drug-likeness (QED) is 0.584. The van der Waals surface area contributed by atoms with Crippen LogP contribution in [-0.4, -0.2) is 6.61 Å². The van der Waals surface area contributed by atoms with Crippen LogP contribution in [0.3, 0.4) is 0 Å². The lowest BCUT2D eigenvalue weighted by molar-refractivity contribution is 0.256. The van der Waals surface area contributed by atoms with Crippen LogP contribution in [0.4, 0.5) is 0 Å². The molecule has 1 heteroatoms. The highest BCUT2D eigenvalue weighted by atomic mass is 16.5. The molecular formula is C12H12O. The van der Waals surface area contributed by atoms with Gasteiger partial charge in [-0.25, -0.2) is 0 Å². The zero-order valence-corrected chi connectivity index (χ0v) is 7.55. The number of rotatable bonds is 0. The molecule has 1 aliphatic carbocycles. The minimum Gasteiger partial charge on any atom is -0.492 e. The first-order valence-corrected chi connectivity index (χ1v) is 4.73. The van der Waals surface area contributed by atoms with Crippen LogP contribution < -0.4 is 4.74 Å². The van der Waals surface area contributed by atoms with Gasteiger partial charge in [-0.15, -0.1) is 0 Å². The molecule has 13 heavy (non-hydrogen) atoms. The Morgan fingerprint density at radius 3 is 2.77 bits per heavy atom. The van der Waals surface area contributed by atoms with Crippen molar-refractivity contribution in [2.75, 3.05) is 6.61 Å². The highest BCUT2D eigenvalue weighted by Gasteiger charge is 2.49. The average Bonchev–Trinajstić information content (AvgIpc) is 2.94. The highest BCUT2D eigenvalue weighted by molar-refractivity contribution is 5.76. The Labute approximate surface area is 78.0 Å². The van der Waals surface area contributed by atoms with E-state index >= 15 is 0 Å². The number of fused-ring (bicyclic) bond motifs is 1. The topological polar surface area (TPSA) is 9.23 Å². The van der Waals surface area contributed by atoms with Crippen molar-refractivity contribution in [3.8, 4) is 5.75 Å². The Morgan fingerprint density at radius 1 is 1.23 bits per heavy atom. The molecule has 1 heterocycles. The predicted octanol–water partition coefficient (Wildman–Crippen LogP) is 2.87. The van der Waals surface area contributed by atoms with Crippen molar-refractivity contribution in [1.29, 1.82) is 0 Å². The highest BCUT2D eigenvalue weighted by Crippen LogP contribution is 2.58. The molecule has 2 aliphatic rings. The third-order valence-corrected chi connectivity index (χ3v) is 3.21. The largest absolute Gasteiger partial charge is 0.492 e. The Balaban J connectivity index is 2.13. The molecule has 0 aromatic heterocycles. The zero-order chi connectivity index (χ0) is 8.89. The fourth-order valence-corrected chi connectivity index (χ4v) is 2.03.